The van der Waals surface area contributed by atoms with E-state index in [1.807, 2.05) is 69.3 Å². The molecular formula is C28H26N2O2. The molecule has 32 heavy (non-hydrogen) atoms. The number of benzene rings is 3. The number of para-hydroxylation sites is 2. The molecule has 1 N–H and O–H groups in total. The first kappa shape index (κ1) is 20.1. The van der Waals surface area contributed by atoms with E-state index >= 15 is 0 Å². The van der Waals surface area contributed by atoms with Crippen LogP contribution in [-0.4, -0.2) is 21.2 Å². The molecule has 0 unspecified atom stereocenters. The van der Waals surface area contributed by atoms with Crippen LogP contribution >= 0.6 is 0 Å². The number of aromatic amines is 1. The molecule has 5 rings (SSSR count). The van der Waals surface area contributed by atoms with Gasteiger partial charge < -0.3 is 9.72 Å². The average Bonchev–Trinajstić information content (AvgIpc) is 3.32. The maximum atomic E-state index is 13.2. The second kappa shape index (κ2) is 7.72. The number of ether oxygens (including phenoxy) is 1. The molecule has 0 aliphatic heterocycles. The molecule has 4 heteroatoms. The summed E-state index contributed by atoms with van der Waals surface area (Å²) >= 11 is 0. The van der Waals surface area contributed by atoms with E-state index in [0.29, 0.717) is 6.42 Å². The maximum Gasteiger partial charge on any atom is 0.419 e. The van der Waals surface area contributed by atoms with E-state index in [4.69, 9.17) is 4.74 Å². The minimum absolute atomic E-state index is 0.352. The van der Waals surface area contributed by atoms with Gasteiger partial charge in [-0.15, -0.1) is 0 Å². The highest BCUT2D eigenvalue weighted by Gasteiger charge is 2.23. The van der Waals surface area contributed by atoms with Gasteiger partial charge >= 0.3 is 6.09 Å². The fraction of sp³-hybridized carbons (Fsp3) is 0.179. The molecule has 0 atom stereocenters. The topological polar surface area (TPSA) is 47.0 Å². The molecule has 0 bridgehead atoms. The van der Waals surface area contributed by atoms with Crippen molar-refractivity contribution in [2.24, 2.45) is 0 Å². The zero-order valence-corrected chi connectivity index (χ0v) is 18.6. The molecule has 0 saturated heterocycles. The molecule has 0 amide bonds. The summed E-state index contributed by atoms with van der Waals surface area (Å²) in [5, 5.41) is 2.18. The molecule has 2 aromatic heterocycles. The Morgan fingerprint density at radius 3 is 2.38 bits per heavy atom. The van der Waals surface area contributed by atoms with Crippen LogP contribution in [0.4, 0.5) is 4.79 Å². The lowest BCUT2D eigenvalue weighted by Gasteiger charge is -2.21. The highest BCUT2D eigenvalue weighted by molar-refractivity contribution is 5.93. The van der Waals surface area contributed by atoms with Gasteiger partial charge in [-0.1, -0.05) is 66.7 Å². The Morgan fingerprint density at radius 2 is 1.59 bits per heavy atom. The summed E-state index contributed by atoms with van der Waals surface area (Å²) in [7, 11) is 0. The Hall–Kier alpha value is -3.79. The zero-order chi connectivity index (χ0) is 22.3. The van der Waals surface area contributed by atoms with Crippen molar-refractivity contribution in [3.63, 3.8) is 0 Å². The molecule has 0 spiro atoms. The van der Waals surface area contributed by atoms with Gasteiger partial charge in [-0.25, -0.2) is 9.36 Å². The van der Waals surface area contributed by atoms with Crippen molar-refractivity contribution in [2.75, 3.05) is 0 Å². The molecule has 160 valence electrons. The van der Waals surface area contributed by atoms with Crippen molar-refractivity contribution in [1.29, 1.82) is 0 Å². The third-order valence-corrected chi connectivity index (χ3v) is 5.60. The number of hydrogen-bond acceptors (Lipinski definition) is 2. The molecule has 2 heterocycles. The highest BCUT2D eigenvalue weighted by Crippen LogP contribution is 2.33. The number of H-pyrrole nitrogens is 1. The Kier molecular flexibility index (Phi) is 4.86. The first-order valence-corrected chi connectivity index (χ1v) is 10.9. The summed E-state index contributed by atoms with van der Waals surface area (Å²) in [6.07, 6.45) is 0.247. The van der Waals surface area contributed by atoms with Gasteiger partial charge in [0.05, 0.1) is 11.2 Å². The second-order valence-corrected chi connectivity index (χ2v) is 9.08. The predicted molar refractivity (Wildman–Crippen MR) is 130 cm³/mol. The molecule has 5 aromatic rings. The molecule has 0 radical (unpaired) electrons. The number of nitrogens with zero attached hydrogens (tertiary/aromatic N) is 1. The van der Waals surface area contributed by atoms with Crippen molar-refractivity contribution >= 4 is 27.9 Å². The number of aromatic nitrogens is 2. The number of rotatable bonds is 3. The average molecular weight is 423 g/mol. The lowest BCUT2D eigenvalue weighted by Crippen LogP contribution is -2.28. The number of nitrogens with one attached hydrogen (secondary N) is 1. The summed E-state index contributed by atoms with van der Waals surface area (Å²) < 4.78 is 7.49. The van der Waals surface area contributed by atoms with E-state index in [9.17, 15) is 4.79 Å². The second-order valence-electron chi connectivity index (χ2n) is 9.08. The van der Waals surface area contributed by atoms with Gasteiger partial charge in [0.2, 0.25) is 0 Å². The lowest BCUT2D eigenvalue weighted by atomic mass is 10.0. The van der Waals surface area contributed by atoms with Crippen LogP contribution in [-0.2, 0) is 11.2 Å². The summed E-state index contributed by atoms with van der Waals surface area (Å²) in [6, 6.07) is 28.7. The fourth-order valence-corrected chi connectivity index (χ4v) is 4.28. The molecule has 4 nitrogen and oxygen atoms in total. The van der Waals surface area contributed by atoms with Crippen molar-refractivity contribution in [2.45, 2.75) is 32.8 Å². The molecule has 0 aliphatic rings. The number of hydrogen-bond donors (Lipinski definition) is 1. The molecular weight excluding hydrogens is 396 g/mol. The van der Waals surface area contributed by atoms with E-state index in [-0.39, 0.29) is 6.09 Å². The third kappa shape index (κ3) is 3.69. The monoisotopic (exact) mass is 422 g/mol. The number of carbonyl (C=O) groups is 1. The smallest absolute Gasteiger partial charge is 0.419 e. The molecule has 3 aromatic carbocycles. The normalized spacial score (nSPS) is 11.8. The summed E-state index contributed by atoms with van der Waals surface area (Å²) in [6.45, 7) is 5.68. The Morgan fingerprint density at radius 1 is 0.906 bits per heavy atom. The van der Waals surface area contributed by atoms with Crippen LogP contribution < -0.4 is 0 Å². The fourth-order valence-electron chi connectivity index (χ4n) is 4.28. The van der Waals surface area contributed by atoms with Crippen molar-refractivity contribution in [3.8, 4) is 11.3 Å². The highest BCUT2D eigenvalue weighted by atomic mass is 16.6. The quantitative estimate of drug-likeness (QED) is 0.335. The van der Waals surface area contributed by atoms with Crippen LogP contribution in [0.2, 0.25) is 0 Å². The van der Waals surface area contributed by atoms with Gasteiger partial charge in [0.15, 0.2) is 0 Å². The van der Waals surface area contributed by atoms with Gasteiger partial charge in [-0.05, 0) is 50.1 Å². The Balaban J connectivity index is 1.69. The third-order valence-electron chi connectivity index (χ3n) is 5.60. The van der Waals surface area contributed by atoms with Crippen LogP contribution in [0.15, 0.2) is 84.9 Å². The van der Waals surface area contributed by atoms with Gasteiger partial charge in [0.1, 0.15) is 5.60 Å². The van der Waals surface area contributed by atoms with Crippen LogP contribution in [0.1, 0.15) is 32.0 Å². The predicted octanol–water partition coefficient (Wildman–Crippen LogP) is 7.16. The van der Waals surface area contributed by atoms with E-state index in [0.717, 1.165) is 38.8 Å². The summed E-state index contributed by atoms with van der Waals surface area (Å²) in [5.41, 5.74) is 5.64. The Labute approximate surface area is 187 Å². The van der Waals surface area contributed by atoms with E-state index < -0.39 is 5.60 Å². The minimum Gasteiger partial charge on any atom is -0.443 e. The van der Waals surface area contributed by atoms with Gasteiger partial charge in [0, 0.05) is 28.4 Å². The lowest BCUT2D eigenvalue weighted by molar-refractivity contribution is 0.0541. The van der Waals surface area contributed by atoms with E-state index in [1.54, 1.807) is 4.57 Å². The number of carbonyl (C=O) groups excluding carboxylic acids is 1. The zero-order valence-electron chi connectivity index (χ0n) is 18.6. The molecule has 0 saturated carbocycles. The largest absolute Gasteiger partial charge is 0.443 e. The Bertz CT molecular complexity index is 1420. The van der Waals surface area contributed by atoms with Crippen LogP contribution in [0.25, 0.3) is 33.1 Å². The van der Waals surface area contributed by atoms with Gasteiger partial charge in [-0.3, -0.25) is 0 Å². The molecule has 0 aliphatic carbocycles. The van der Waals surface area contributed by atoms with Crippen molar-refractivity contribution < 1.29 is 9.53 Å². The summed E-state index contributed by atoms with van der Waals surface area (Å²) in [4.78, 5) is 16.8. The van der Waals surface area contributed by atoms with Crippen molar-refractivity contribution in [3.05, 3.63) is 96.2 Å². The van der Waals surface area contributed by atoms with E-state index in [1.165, 1.54) is 5.56 Å². The SMILES string of the molecule is CC(C)(C)OC(=O)n1c(Cc2c(-c3ccccc3)[nH]c3ccccc23)cc2ccccc21. The maximum absolute atomic E-state index is 13.2. The van der Waals surface area contributed by atoms with Crippen LogP contribution in [0.5, 0.6) is 0 Å². The van der Waals surface area contributed by atoms with E-state index in [2.05, 4.69) is 41.4 Å². The van der Waals surface area contributed by atoms with Gasteiger partial charge in [0.25, 0.3) is 0 Å². The van der Waals surface area contributed by atoms with Crippen molar-refractivity contribution in [1.82, 2.24) is 9.55 Å². The van der Waals surface area contributed by atoms with Crippen LogP contribution in [0.3, 0.4) is 0 Å². The van der Waals surface area contributed by atoms with Gasteiger partial charge in [-0.2, -0.15) is 0 Å². The minimum atomic E-state index is -0.574. The summed E-state index contributed by atoms with van der Waals surface area (Å²) in [5.74, 6) is 0. The standard InChI is InChI=1S/C28H26N2O2/c1-28(2,3)32-27(31)30-21(17-20-13-7-10-16-25(20)30)18-23-22-14-8-9-15-24(22)29-26(23)19-11-5-4-6-12-19/h4-17,29H,18H2,1-3H3. The van der Waals surface area contributed by atoms with Crippen LogP contribution in [0, 0.1) is 0 Å². The first-order valence-electron chi connectivity index (χ1n) is 10.9. The first-order chi connectivity index (χ1) is 15.4. The number of fused-ring (bicyclic) bond motifs is 2. The molecule has 0 fully saturated rings.